The fourth-order valence-electron chi connectivity index (χ4n) is 2.18. The van der Waals surface area contributed by atoms with E-state index in [1.54, 1.807) is 0 Å². The van der Waals surface area contributed by atoms with Crippen LogP contribution < -0.4 is 15.0 Å². The molecule has 1 heterocycles. The molecule has 0 saturated carbocycles. The Kier molecular flexibility index (Phi) is 4.44. The maximum atomic E-state index is 9.85. The van der Waals surface area contributed by atoms with E-state index in [2.05, 4.69) is 16.3 Å². The largest absolute Gasteiger partial charge is 0.489 e. The molecule has 100 valence electrons. The first-order valence-corrected chi connectivity index (χ1v) is 6.56. The Balaban J connectivity index is 2.20. The number of β-amino-alcohol motifs (C(OH)–C–C–N with tert-alkyl or cyclic N) is 1. The Morgan fingerprint density at radius 2 is 2.17 bits per heavy atom. The van der Waals surface area contributed by atoms with Gasteiger partial charge >= 0.3 is 0 Å². The maximum Gasteiger partial charge on any atom is 0.142 e. The van der Waals surface area contributed by atoms with Crippen molar-refractivity contribution in [3.63, 3.8) is 0 Å². The lowest BCUT2D eigenvalue weighted by Crippen LogP contribution is -2.33. The second-order valence-electron chi connectivity index (χ2n) is 4.94. The van der Waals surface area contributed by atoms with Gasteiger partial charge in [0.2, 0.25) is 0 Å². The Bertz CT molecular complexity index is 382. The summed E-state index contributed by atoms with van der Waals surface area (Å²) >= 11 is 0. The van der Waals surface area contributed by atoms with Gasteiger partial charge in [-0.1, -0.05) is 12.1 Å². The number of aliphatic hydroxyl groups excluding tert-OH is 1. The molecular weight excluding hydrogens is 228 g/mol. The van der Waals surface area contributed by atoms with Gasteiger partial charge in [0.15, 0.2) is 0 Å². The lowest BCUT2D eigenvalue weighted by atomic mass is 10.2. The van der Waals surface area contributed by atoms with E-state index in [0.717, 1.165) is 24.5 Å². The van der Waals surface area contributed by atoms with Crippen LogP contribution >= 0.6 is 0 Å². The molecule has 2 rings (SSSR count). The second-order valence-corrected chi connectivity index (χ2v) is 4.94. The highest BCUT2D eigenvalue weighted by Gasteiger charge is 2.18. The number of hydrogen-bond donors (Lipinski definition) is 2. The number of hydrogen-bond acceptors (Lipinski definition) is 4. The van der Waals surface area contributed by atoms with Crippen molar-refractivity contribution in [3.05, 3.63) is 24.3 Å². The fraction of sp³-hybridized carbons (Fsp3) is 0.571. The van der Waals surface area contributed by atoms with Crippen molar-refractivity contribution in [2.45, 2.75) is 26.1 Å². The van der Waals surface area contributed by atoms with Crippen molar-refractivity contribution in [1.82, 2.24) is 5.32 Å². The molecule has 1 aliphatic rings. The third kappa shape index (κ3) is 3.37. The standard InChI is InChI=1S/C14H22N2O2/c1-11(2)18-14-6-4-3-5-13(14)16-8-7-15-9-12(17)10-16/h3-6,11-12,15,17H,7-10H2,1-2H3. The number of nitrogens with one attached hydrogen (secondary N) is 1. The summed E-state index contributed by atoms with van der Waals surface area (Å²) in [6, 6.07) is 8.02. The zero-order valence-corrected chi connectivity index (χ0v) is 11.1. The van der Waals surface area contributed by atoms with Crippen LogP contribution in [0, 0.1) is 0 Å². The molecule has 0 radical (unpaired) electrons. The summed E-state index contributed by atoms with van der Waals surface area (Å²) in [7, 11) is 0. The normalized spacial score (nSPS) is 20.9. The molecule has 0 aliphatic carbocycles. The molecule has 1 aromatic carbocycles. The van der Waals surface area contributed by atoms with Crippen LogP contribution in [0.25, 0.3) is 0 Å². The van der Waals surface area contributed by atoms with E-state index in [1.165, 1.54) is 0 Å². The van der Waals surface area contributed by atoms with Crippen LogP contribution in [0.1, 0.15) is 13.8 Å². The number of nitrogens with zero attached hydrogens (tertiary/aromatic N) is 1. The Morgan fingerprint density at radius 1 is 1.39 bits per heavy atom. The van der Waals surface area contributed by atoms with Crippen molar-refractivity contribution in [2.24, 2.45) is 0 Å². The van der Waals surface area contributed by atoms with Gasteiger partial charge in [-0.25, -0.2) is 0 Å². The summed E-state index contributed by atoms with van der Waals surface area (Å²) in [6.07, 6.45) is -0.180. The number of benzene rings is 1. The van der Waals surface area contributed by atoms with Crippen LogP contribution in [0.3, 0.4) is 0 Å². The van der Waals surface area contributed by atoms with Gasteiger partial charge in [-0.3, -0.25) is 0 Å². The molecule has 1 unspecified atom stereocenters. The average Bonchev–Trinajstić information content (AvgIpc) is 2.54. The molecule has 1 fully saturated rings. The SMILES string of the molecule is CC(C)Oc1ccccc1N1CCNCC(O)C1. The summed E-state index contributed by atoms with van der Waals surface area (Å²) in [5.41, 5.74) is 1.06. The van der Waals surface area contributed by atoms with E-state index in [0.29, 0.717) is 13.1 Å². The molecule has 4 nitrogen and oxygen atoms in total. The molecule has 2 N–H and O–H groups in total. The average molecular weight is 250 g/mol. The van der Waals surface area contributed by atoms with Crippen LogP contribution in [-0.2, 0) is 0 Å². The molecule has 18 heavy (non-hydrogen) atoms. The zero-order chi connectivity index (χ0) is 13.0. The van der Waals surface area contributed by atoms with Gasteiger partial charge in [0.1, 0.15) is 5.75 Å². The van der Waals surface area contributed by atoms with Gasteiger partial charge in [0.25, 0.3) is 0 Å². The van der Waals surface area contributed by atoms with Crippen LogP contribution in [0.5, 0.6) is 5.75 Å². The monoisotopic (exact) mass is 250 g/mol. The molecule has 0 aromatic heterocycles. The summed E-state index contributed by atoms with van der Waals surface area (Å²) in [5.74, 6) is 0.890. The van der Waals surface area contributed by atoms with E-state index in [-0.39, 0.29) is 12.2 Å². The first-order valence-electron chi connectivity index (χ1n) is 6.56. The number of ether oxygens (including phenoxy) is 1. The van der Waals surface area contributed by atoms with Crippen LogP contribution in [0.2, 0.25) is 0 Å². The number of rotatable bonds is 3. The van der Waals surface area contributed by atoms with E-state index >= 15 is 0 Å². The predicted octanol–water partition coefficient (Wildman–Crippen LogP) is 1.24. The van der Waals surface area contributed by atoms with Crippen molar-refractivity contribution in [1.29, 1.82) is 0 Å². The minimum atomic E-state index is -0.334. The van der Waals surface area contributed by atoms with E-state index in [1.807, 2.05) is 32.0 Å². The Morgan fingerprint density at radius 3 is 2.94 bits per heavy atom. The third-order valence-electron chi connectivity index (χ3n) is 2.94. The summed E-state index contributed by atoms with van der Waals surface area (Å²) in [4.78, 5) is 2.18. The lowest BCUT2D eigenvalue weighted by Gasteiger charge is -2.26. The van der Waals surface area contributed by atoms with Crippen molar-refractivity contribution < 1.29 is 9.84 Å². The second kappa shape index (κ2) is 6.07. The highest BCUT2D eigenvalue weighted by atomic mass is 16.5. The number of anilines is 1. The Hall–Kier alpha value is -1.26. The molecule has 1 saturated heterocycles. The van der Waals surface area contributed by atoms with E-state index in [4.69, 9.17) is 4.74 Å². The molecule has 0 amide bonds. The minimum Gasteiger partial charge on any atom is -0.489 e. The quantitative estimate of drug-likeness (QED) is 0.847. The highest BCUT2D eigenvalue weighted by Crippen LogP contribution is 2.29. The highest BCUT2D eigenvalue weighted by molar-refractivity contribution is 5.58. The number of aliphatic hydroxyl groups is 1. The first kappa shape index (κ1) is 13.2. The lowest BCUT2D eigenvalue weighted by molar-refractivity contribution is 0.184. The topological polar surface area (TPSA) is 44.7 Å². The predicted molar refractivity (Wildman–Crippen MR) is 73.3 cm³/mol. The minimum absolute atomic E-state index is 0.154. The van der Waals surface area contributed by atoms with E-state index < -0.39 is 0 Å². The Labute approximate surface area is 109 Å². The molecule has 0 spiro atoms. The van der Waals surface area contributed by atoms with Crippen molar-refractivity contribution in [2.75, 3.05) is 31.1 Å². The summed E-state index contributed by atoms with van der Waals surface area (Å²) < 4.78 is 5.83. The smallest absolute Gasteiger partial charge is 0.142 e. The summed E-state index contributed by atoms with van der Waals surface area (Å²) in [5, 5.41) is 13.1. The van der Waals surface area contributed by atoms with Crippen LogP contribution in [0.15, 0.2) is 24.3 Å². The van der Waals surface area contributed by atoms with Gasteiger partial charge in [-0.2, -0.15) is 0 Å². The molecule has 0 bridgehead atoms. The van der Waals surface area contributed by atoms with Gasteiger partial charge < -0.3 is 20.1 Å². The molecular formula is C14H22N2O2. The van der Waals surface area contributed by atoms with Crippen LogP contribution in [0.4, 0.5) is 5.69 Å². The van der Waals surface area contributed by atoms with Gasteiger partial charge in [0.05, 0.1) is 17.9 Å². The van der Waals surface area contributed by atoms with Gasteiger partial charge in [-0.15, -0.1) is 0 Å². The first-order chi connectivity index (χ1) is 8.66. The number of para-hydroxylation sites is 2. The molecule has 1 aliphatic heterocycles. The summed E-state index contributed by atoms with van der Waals surface area (Å²) in [6.45, 7) is 7.11. The molecule has 4 heteroatoms. The van der Waals surface area contributed by atoms with Crippen molar-refractivity contribution >= 4 is 5.69 Å². The maximum absolute atomic E-state index is 9.85. The van der Waals surface area contributed by atoms with Gasteiger partial charge in [0, 0.05) is 26.2 Å². The fourth-order valence-corrected chi connectivity index (χ4v) is 2.18. The van der Waals surface area contributed by atoms with Crippen molar-refractivity contribution in [3.8, 4) is 5.75 Å². The van der Waals surface area contributed by atoms with E-state index in [9.17, 15) is 5.11 Å². The third-order valence-corrected chi connectivity index (χ3v) is 2.94. The van der Waals surface area contributed by atoms with Crippen LogP contribution in [-0.4, -0.2) is 43.5 Å². The molecule has 1 aromatic rings. The molecule has 1 atom stereocenters. The zero-order valence-electron chi connectivity index (χ0n) is 11.1. The van der Waals surface area contributed by atoms with Gasteiger partial charge in [-0.05, 0) is 26.0 Å².